The highest BCUT2D eigenvalue weighted by atomic mass is 16.5. The van der Waals surface area contributed by atoms with E-state index in [-0.39, 0.29) is 11.9 Å². The summed E-state index contributed by atoms with van der Waals surface area (Å²) in [5.41, 5.74) is 0. The van der Waals surface area contributed by atoms with Crippen molar-refractivity contribution in [3.63, 3.8) is 0 Å². The van der Waals surface area contributed by atoms with Crippen LogP contribution in [0.2, 0.25) is 0 Å². The fraction of sp³-hybridized carbons (Fsp3) is 0.846. The van der Waals surface area contributed by atoms with Crippen LogP contribution in [0.1, 0.15) is 271 Å². The molecule has 0 bridgehead atoms. The topological polar surface area (TPSA) is 52.6 Å². The van der Waals surface area contributed by atoms with Crippen LogP contribution in [0, 0.1) is 11.8 Å². The molecule has 56 heavy (non-hydrogen) atoms. The largest absolute Gasteiger partial charge is 0.435 e. The summed E-state index contributed by atoms with van der Waals surface area (Å²) in [5.74, 6) is -1.61. The molecule has 0 fully saturated rings. The number of carbonyl (C=O) groups excluding carboxylic acids is 2. The average Bonchev–Trinajstić information content (AvgIpc) is 3.21. The van der Waals surface area contributed by atoms with E-state index < -0.39 is 11.8 Å². The molecule has 0 saturated carbocycles. The van der Waals surface area contributed by atoms with Crippen LogP contribution in [0.4, 0.5) is 0 Å². The van der Waals surface area contributed by atoms with Crippen LogP contribution in [0.25, 0.3) is 0 Å². The third-order valence-corrected chi connectivity index (χ3v) is 12.0. The first-order valence-electron chi connectivity index (χ1n) is 25.1. The molecule has 0 aliphatic heterocycles. The van der Waals surface area contributed by atoms with Crippen molar-refractivity contribution in [1.29, 1.82) is 0 Å². The molecule has 4 nitrogen and oxygen atoms in total. The van der Waals surface area contributed by atoms with Gasteiger partial charge in [-0.25, -0.2) is 0 Å². The van der Waals surface area contributed by atoms with Crippen LogP contribution >= 0.6 is 0 Å². The third-order valence-electron chi connectivity index (χ3n) is 12.0. The Morgan fingerprint density at radius 2 is 0.589 bits per heavy atom. The summed E-state index contributed by atoms with van der Waals surface area (Å²) in [6, 6.07) is 0. The second-order valence-corrected chi connectivity index (χ2v) is 17.4. The normalized spacial score (nSPS) is 15.7. The molecule has 0 aromatic rings. The molecule has 1 aliphatic rings. The van der Waals surface area contributed by atoms with Gasteiger partial charge in [-0.3, -0.25) is 9.59 Å². The van der Waals surface area contributed by atoms with E-state index in [1.54, 1.807) is 0 Å². The highest BCUT2D eigenvalue weighted by molar-refractivity contribution is 5.83. The van der Waals surface area contributed by atoms with Gasteiger partial charge in [0.05, 0.1) is 24.4 Å². The monoisotopic (exact) mass is 783 g/mol. The Kier molecular flexibility index (Phi) is 39.8. The molecule has 0 amide bonds. The SMILES string of the molecule is CCCCCCCCCCCCCCCCCCCCC=COC(=O)C1CC=CCC1C(=O)OC=CCCCCCCCCCCCCCCCCCCCC. The van der Waals surface area contributed by atoms with Gasteiger partial charge in [0.15, 0.2) is 0 Å². The second-order valence-electron chi connectivity index (χ2n) is 17.4. The molecule has 0 aromatic carbocycles. The fourth-order valence-electron chi connectivity index (χ4n) is 8.20. The molecule has 4 heteroatoms. The molecule has 1 rings (SSSR count). The van der Waals surface area contributed by atoms with Gasteiger partial charge >= 0.3 is 11.9 Å². The van der Waals surface area contributed by atoms with Crippen molar-refractivity contribution >= 4 is 11.9 Å². The summed E-state index contributed by atoms with van der Waals surface area (Å²) in [5, 5.41) is 0. The molecule has 326 valence electrons. The molecule has 0 N–H and O–H groups in total. The van der Waals surface area contributed by atoms with Gasteiger partial charge in [-0.05, 0) is 50.7 Å². The number of esters is 2. The zero-order chi connectivity index (χ0) is 40.3. The lowest BCUT2D eigenvalue weighted by Crippen LogP contribution is -2.32. The first-order valence-corrected chi connectivity index (χ1v) is 25.1. The summed E-state index contributed by atoms with van der Waals surface area (Å²) in [4.78, 5) is 25.7. The number of carbonyl (C=O) groups is 2. The van der Waals surface area contributed by atoms with Crippen LogP contribution in [0.5, 0.6) is 0 Å². The summed E-state index contributed by atoms with van der Waals surface area (Å²) < 4.78 is 10.9. The lowest BCUT2D eigenvalue weighted by molar-refractivity contribution is -0.154. The fourth-order valence-corrected chi connectivity index (χ4v) is 8.20. The van der Waals surface area contributed by atoms with E-state index in [1.165, 1.54) is 231 Å². The van der Waals surface area contributed by atoms with Crippen LogP contribution < -0.4 is 0 Å². The van der Waals surface area contributed by atoms with Crippen molar-refractivity contribution in [2.45, 2.75) is 271 Å². The van der Waals surface area contributed by atoms with Gasteiger partial charge in [-0.2, -0.15) is 0 Å². The Balaban J connectivity index is 1.95. The molecule has 0 heterocycles. The van der Waals surface area contributed by atoms with E-state index >= 15 is 0 Å². The molecule has 2 atom stereocenters. The first-order chi connectivity index (χ1) is 27.7. The van der Waals surface area contributed by atoms with Crippen LogP contribution in [0.3, 0.4) is 0 Å². The molecule has 0 aromatic heterocycles. The lowest BCUT2D eigenvalue weighted by Gasteiger charge is -2.23. The lowest BCUT2D eigenvalue weighted by atomic mass is 9.83. The Morgan fingerprint density at radius 3 is 0.821 bits per heavy atom. The van der Waals surface area contributed by atoms with Crippen molar-refractivity contribution in [1.82, 2.24) is 0 Å². The van der Waals surface area contributed by atoms with Crippen molar-refractivity contribution in [3.8, 4) is 0 Å². The predicted octanol–water partition coefficient (Wildman–Crippen LogP) is 17.5. The first kappa shape index (κ1) is 52.2. The zero-order valence-electron chi connectivity index (χ0n) is 37.5. The molecule has 0 saturated heterocycles. The summed E-state index contributed by atoms with van der Waals surface area (Å²) in [6.07, 6.45) is 63.4. The minimum Gasteiger partial charge on any atom is -0.435 e. The molecule has 1 aliphatic carbocycles. The maximum Gasteiger partial charge on any atom is 0.314 e. The zero-order valence-corrected chi connectivity index (χ0v) is 37.5. The Labute approximate surface area is 349 Å². The van der Waals surface area contributed by atoms with Gasteiger partial charge in [0.25, 0.3) is 0 Å². The van der Waals surface area contributed by atoms with Crippen LogP contribution in [-0.2, 0) is 19.1 Å². The minimum atomic E-state index is -0.481. The smallest absolute Gasteiger partial charge is 0.314 e. The Bertz CT molecular complexity index is 861. The number of hydrogen-bond donors (Lipinski definition) is 0. The number of hydrogen-bond acceptors (Lipinski definition) is 4. The van der Waals surface area contributed by atoms with E-state index in [2.05, 4.69) is 13.8 Å². The highest BCUT2D eigenvalue weighted by Crippen LogP contribution is 2.28. The maximum absolute atomic E-state index is 12.8. The second kappa shape index (κ2) is 42.8. The number of ether oxygens (including phenoxy) is 2. The van der Waals surface area contributed by atoms with Gasteiger partial charge < -0.3 is 9.47 Å². The van der Waals surface area contributed by atoms with E-state index in [4.69, 9.17) is 9.47 Å². The van der Waals surface area contributed by atoms with Gasteiger partial charge in [0.1, 0.15) is 0 Å². The Morgan fingerprint density at radius 1 is 0.375 bits per heavy atom. The molecular formula is C52H94O4. The van der Waals surface area contributed by atoms with Gasteiger partial charge in [0, 0.05) is 0 Å². The number of unbranched alkanes of at least 4 members (excludes halogenated alkanes) is 36. The van der Waals surface area contributed by atoms with Crippen molar-refractivity contribution in [3.05, 3.63) is 36.8 Å². The summed E-state index contributed by atoms with van der Waals surface area (Å²) in [6.45, 7) is 4.58. The third kappa shape index (κ3) is 34.2. The van der Waals surface area contributed by atoms with E-state index in [0.29, 0.717) is 12.8 Å². The summed E-state index contributed by atoms with van der Waals surface area (Å²) >= 11 is 0. The molecule has 0 radical (unpaired) electrons. The van der Waals surface area contributed by atoms with Crippen LogP contribution in [-0.4, -0.2) is 11.9 Å². The predicted molar refractivity (Wildman–Crippen MR) is 243 cm³/mol. The van der Waals surface area contributed by atoms with Gasteiger partial charge in [-0.15, -0.1) is 0 Å². The average molecular weight is 783 g/mol. The summed E-state index contributed by atoms with van der Waals surface area (Å²) in [7, 11) is 0. The van der Waals surface area contributed by atoms with Crippen molar-refractivity contribution < 1.29 is 19.1 Å². The van der Waals surface area contributed by atoms with Gasteiger partial charge in [-0.1, -0.05) is 244 Å². The maximum atomic E-state index is 12.8. The van der Waals surface area contributed by atoms with Crippen molar-refractivity contribution in [2.75, 3.05) is 0 Å². The molecule has 2 unspecified atom stereocenters. The highest BCUT2D eigenvalue weighted by Gasteiger charge is 2.36. The van der Waals surface area contributed by atoms with E-state index in [9.17, 15) is 9.59 Å². The van der Waals surface area contributed by atoms with Crippen molar-refractivity contribution in [2.24, 2.45) is 11.8 Å². The Hall–Kier alpha value is -1.84. The van der Waals surface area contributed by atoms with E-state index in [1.807, 2.05) is 24.3 Å². The molecule has 0 spiro atoms. The van der Waals surface area contributed by atoms with E-state index in [0.717, 1.165) is 25.7 Å². The number of rotatable bonds is 42. The quantitative estimate of drug-likeness (QED) is 0.0268. The molecular weight excluding hydrogens is 689 g/mol. The standard InChI is InChI=1S/C52H94O4/c1-3-5-7-9-11-13-15-17-19-21-23-25-27-29-31-33-35-37-39-43-47-55-51(53)49-45-41-42-46-50(49)52(54)56-48-44-40-38-36-34-32-30-28-26-24-22-20-18-16-14-12-10-8-6-4-2/h41-44,47-50H,3-40,45-46H2,1-2H3. The number of allylic oxidation sites excluding steroid dienone is 4. The van der Waals surface area contributed by atoms with Crippen LogP contribution in [0.15, 0.2) is 36.8 Å². The minimum absolute atomic E-state index is 0.326. The van der Waals surface area contributed by atoms with Gasteiger partial charge in [0.2, 0.25) is 0 Å².